The highest BCUT2D eigenvalue weighted by molar-refractivity contribution is 7.99. The standard InChI is InChI=1S/C16H16ClNS/c1-11(12-5-4-6-13(17)9-12)18-15-10-19-16-8-3-2-7-14(15)16/h2-9,11,15,18H,10H2,1H3/t11-,15?/m0/s1. The minimum absolute atomic E-state index is 0.301. The van der Waals surface area contributed by atoms with Gasteiger partial charge in [0.2, 0.25) is 0 Å². The van der Waals surface area contributed by atoms with Crippen molar-refractivity contribution in [3.8, 4) is 0 Å². The Morgan fingerprint density at radius 1 is 1.21 bits per heavy atom. The fraction of sp³-hybridized carbons (Fsp3) is 0.250. The van der Waals surface area contributed by atoms with E-state index >= 15 is 0 Å². The molecule has 0 saturated heterocycles. The van der Waals surface area contributed by atoms with Crippen LogP contribution in [-0.4, -0.2) is 5.75 Å². The minimum atomic E-state index is 0.301. The average Bonchev–Trinajstić information content (AvgIpc) is 2.82. The van der Waals surface area contributed by atoms with Gasteiger partial charge >= 0.3 is 0 Å². The number of nitrogens with one attached hydrogen (secondary N) is 1. The maximum Gasteiger partial charge on any atom is 0.0431 e. The third kappa shape index (κ3) is 2.81. The average molecular weight is 290 g/mol. The number of thioether (sulfide) groups is 1. The second-order valence-corrected chi connectivity index (χ2v) is 6.34. The summed E-state index contributed by atoms with van der Waals surface area (Å²) < 4.78 is 0. The van der Waals surface area contributed by atoms with Crippen LogP contribution in [0.3, 0.4) is 0 Å². The van der Waals surface area contributed by atoms with Crippen LogP contribution < -0.4 is 5.32 Å². The van der Waals surface area contributed by atoms with E-state index < -0.39 is 0 Å². The lowest BCUT2D eigenvalue weighted by molar-refractivity contribution is 0.501. The van der Waals surface area contributed by atoms with Gasteiger partial charge < -0.3 is 5.32 Å². The first-order chi connectivity index (χ1) is 9.24. The molecule has 0 amide bonds. The molecule has 1 aliphatic heterocycles. The predicted octanol–water partition coefficient (Wildman–Crippen LogP) is 4.84. The van der Waals surface area contributed by atoms with E-state index in [0.717, 1.165) is 10.8 Å². The van der Waals surface area contributed by atoms with Crippen LogP contribution in [0.25, 0.3) is 0 Å². The highest BCUT2D eigenvalue weighted by Gasteiger charge is 2.24. The molecule has 98 valence electrons. The predicted molar refractivity (Wildman–Crippen MR) is 82.9 cm³/mol. The van der Waals surface area contributed by atoms with Crippen molar-refractivity contribution in [3.05, 3.63) is 64.7 Å². The molecule has 0 aromatic heterocycles. The van der Waals surface area contributed by atoms with Crippen molar-refractivity contribution in [1.29, 1.82) is 0 Å². The SMILES string of the molecule is C[C@H](NC1CSc2ccccc21)c1cccc(Cl)c1. The van der Waals surface area contributed by atoms with Crippen LogP contribution in [-0.2, 0) is 0 Å². The van der Waals surface area contributed by atoms with Crippen molar-refractivity contribution < 1.29 is 0 Å². The summed E-state index contributed by atoms with van der Waals surface area (Å²) in [6, 6.07) is 17.4. The Labute approximate surface area is 123 Å². The van der Waals surface area contributed by atoms with Crippen molar-refractivity contribution >= 4 is 23.4 Å². The van der Waals surface area contributed by atoms with Crippen molar-refractivity contribution in [3.63, 3.8) is 0 Å². The van der Waals surface area contributed by atoms with Gasteiger partial charge in [-0.05, 0) is 36.2 Å². The number of hydrogen-bond donors (Lipinski definition) is 1. The summed E-state index contributed by atoms with van der Waals surface area (Å²) in [7, 11) is 0. The molecule has 0 saturated carbocycles. The van der Waals surface area contributed by atoms with Gasteiger partial charge in [-0.3, -0.25) is 0 Å². The highest BCUT2D eigenvalue weighted by atomic mass is 35.5. The van der Waals surface area contributed by atoms with Crippen LogP contribution in [0.15, 0.2) is 53.4 Å². The van der Waals surface area contributed by atoms with Crippen LogP contribution >= 0.6 is 23.4 Å². The molecule has 3 heteroatoms. The Bertz CT molecular complexity index is 584. The van der Waals surface area contributed by atoms with E-state index in [1.54, 1.807) is 0 Å². The zero-order valence-corrected chi connectivity index (χ0v) is 12.3. The van der Waals surface area contributed by atoms with Crippen LogP contribution in [0.2, 0.25) is 5.02 Å². The minimum Gasteiger partial charge on any atom is -0.303 e. The van der Waals surface area contributed by atoms with Gasteiger partial charge in [-0.1, -0.05) is 41.9 Å². The molecule has 1 unspecified atom stereocenters. The molecule has 0 spiro atoms. The molecule has 0 bridgehead atoms. The third-order valence-corrected chi connectivity index (χ3v) is 4.92. The summed E-state index contributed by atoms with van der Waals surface area (Å²) in [5.41, 5.74) is 2.66. The number of halogens is 1. The largest absolute Gasteiger partial charge is 0.303 e. The molecule has 3 rings (SSSR count). The molecule has 2 aromatic carbocycles. The maximum absolute atomic E-state index is 6.05. The summed E-state index contributed by atoms with van der Waals surface area (Å²) in [6.07, 6.45) is 0. The Balaban J connectivity index is 1.76. The number of fused-ring (bicyclic) bond motifs is 1. The molecule has 1 aliphatic rings. The van der Waals surface area contributed by atoms with Crippen molar-refractivity contribution in [2.75, 3.05) is 5.75 Å². The molecule has 0 aliphatic carbocycles. The first kappa shape index (κ1) is 13.0. The Morgan fingerprint density at radius 3 is 2.89 bits per heavy atom. The summed E-state index contributed by atoms with van der Waals surface area (Å²) >= 11 is 7.98. The van der Waals surface area contributed by atoms with Crippen molar-refractivity contribution in [2.45, 2.75) is 23.9 Å². The van der Waals surface area contributed by atoms with E-state index in [4.69, 9.17) is 11.6 Å². The number of benzene rings is 2. The smallest absolute Gasteiger partial charge is 0.0431 e. The van der Waals surface area contributed by atoms with E-state index in [0.29, 0.717) is 12.1 Å². The monoisotopic (exact) mass is 289 g/mol. The van der Waals surface area contributed by atoms with E-state index in [-0.39, 0.29) is 0 Å². The molecule has 1 N–H and O–H groups in total. The topological polar surface area (TPSA) is 12.0 Å². The first-order valence-corrected chi connectivity index (χ1v) is 7.83. The highest BCUT2D eigenvalue weighted by Crippen LogP contribution is 2.38. The second-order valence-electron chi connectivity index (χ2n) is 4.84. The van der Waals surface area contributed by atoms with E-state index in [9.17, 15) is 0 Å². The molecule has 2 aromatic rings. The molecule has 0 fully saturated rings. The molecule has 0 radical (unpaired) electrons. The number of hydrogen-bond acceptors (Lipinski definition) is 2. The normalized spacial score (nSPS) is 19.2. The summed E-state index contributed by atoms with van der Waals surface area (Å²) in [6.45, 7) is 2.19. The van der Waals surface area contributed by atoms with Crippen LogP contribution in [0.4, 0.5) is 0 Å². The summed E-state index contributed by atoms with van der Waals surface area (Å²) in [4.78, 5) is 1.40. The van der Waals surface area contributed by atoms with Crippen LogP contribution in [0.5, 0.6) is 0 Å². The molecule has 1 heterocycles. The quantitative estimate of drug-likeness (QED) is 0.868. The van der Waals surface area contributed by atoms with Gasteiger partial charge in [0.25, 0.3) is 0 Å². The van der Waals surface area contributed by atoms with Crippen LogP contribution in [0.1, 0.15) is 30.1 Å². The lowest BCUT2D eigenvalue weighted by Gasteiger charge is -2.20. The van der Waals surface area contributed by atoms with Gasteiger partial charge in [0.05, 0.1) is 0 Å². The zero-order valence-electron chi connectivity index (χ0n) is 10.8. The first-order valence-electron chi connectivity index (χ1n) is 6.47. The molecule has 19 heavy (non-hydrogen) atoms. The Hall–Kier alpha value is -0.960. The molecular formula is C16H16ClNS. The molecule has 1 nitrogen and oxygen atoms in total. The van der Waals surface area contributed by atoms with Crippen LogP contribution in [0, 0.1) is 0 Å². The van der Waals surface area contributed by atoms with Gasteiger partial charge in [0.15, 0.2) is 0 Å². The summed E-state index contributed by atoms with van der Waals surface area (Å²) in [5, 5.41) is 4.50. The molecule has 2 atom stereocenters. The van der Waals surface area contributed by atoms with E-state index in [2.05, 4.69) is 42.6 Å². The maximum atomic E-state index is 6.05. The number of rotatable bonds is 3. The van der Waals surface area contributed by atoms with Gasteiger partial charge in [0, 0.05) is 27.8 Å². The fourth-order valence-corrected chi connectivity index (χ4v) is 3.85. The van der Waals surface area contributed by atoms with Gasteiger partial charge in [-0.25, -0.2) is 0 Å². The van der Waals surface area contributed by atoms with Gasteiger partial charge in [-0.15, -0.1) is 11.8 Å². The molecular weight excluding hydrogens is 274 g/mol. The van der Waals surface area contributed by atoms with Gasteiger partial charge in [0.1, 0.15) is 0 Å². The van der Waals surface area contributed by atoms with Gasteiger partial charge in [-0.2, -0.15) is 0 Å². The summed E-state index contributed by atoms with van der Waals surface area (Å²) in [5.74, 6) is 1.10. The Morgan fingerprint density at radius 2 is 2.05 bits per heavy atom. The zero-order chi connectivity index (χ0) is 13.2. The Kier molecular flexibility index (Phi) is 3.83. The fourth-order valence-electron chi connectivity index (χ4n) is 2.47. The lowest BCUT2D eigenvalue weighted by atomic mass is 10.0. The van der Waals surface area contributed by atoms with E-state index in [1.165, 1.54) is 16.0 Å². The second kappa shape index (κ2) is 5.58. The van der Waals surface area contributed by atoms with Crippen molar-refractivity contribution in [2.24, 2.45) is 0 Å². The van der Waals surface area contributed by atoms with E-state index in [1.807, 2.05) is 30.0 Å². The lowest BCUT2D eigenvalue weighted by Crippen LogP contribution is -2.24. The third-order valence-electron chi connectivity index (χ3n) is 3.50. The van der Waals surface area contributed by atoms with Crippen molar-refractivity contribution in [1.82, 2.24) is 5.32 Å².